The zero-order valence-electron chi connectivity index (χ0n) is 15.9. The van der Waals surface area contributed by atoms with Gasteiger partial charge in [0.25, 0.3) is 5.91 Å². The highest BCUT2D eigenvalue weighted by Gasteiger charge is 2.14. The van der Waals surface area contributed by atoms with Crippen molar-refractivity contribution in [2.75, 3.05) is 5.32 Å². The number of rotatable bonds is 5. The zero-order chi connectivity index (χ0) is 19.7. The van der Waals surface area contributed by atoms with E-state index < -0.39 is 0 Å². The third-order valence-electron chi connectivity index (χ3n) is 4.61. The van der Waals surface area contributed by atoms with Gasteiger partial charge in [0.2, 0.25) is 0 Å². The summed E-state index contributed by atoms with van der Waals surface area (Å²) in [6.07, 6.45) is 0. The molecule has 2 heterocycles. The zero-order valence-corrected chi connectivity index (χ0v) is 16.7. The lowest BCUT2D eigenvalue weighted by atomic mass is 10.1. The predicted molar refractivity (Wildman–Crippen MR) is 111 cm³/mol. The minimum Gasteiger partial charge on any atom is -0.461 e. The van der Waals surface area contributed by atoms with E-state index in [1.165, 1.54) is 0 Å². The largest absolute Gasteiger partial charge is 0.461 e. The van der Waals surface area contributed by atoms with Gasteiger partial charge in [-0.05, 0) is 56.7 Å². The first kappa shape index (κ1) is 18.4. The second kappa shape index (κ2) is 7.56. The van der Waals surface area contributed by atoms with Gasteiger partial charge in [-0.2, -0.15) is 0 Å². The third-order valence-corrected chi connectivity index (χ3v) is 5.71. The molecule has 0 saturated heterocycles. The van der Waals surface area contributed by atoms with Crippen LogP contribution in [0.5, 0.6) is 0 Å². The number of nitrogens with zero attached hydrogens (tertiary/aromatic N) is 1. The molecular weight excluding hydrogens is 372 g/mol. The summed E-state index contributed by atoms with van der Waals surface area (Å²) in [6.45, 7) is 5.85. The quantitative estimate of drug-likeness (QED) is 0.429. The Bertz CT molecular complexity index is 1160. The molecule has 28 heavy (non-hydrogen) atoms. The summed E-state index contributed by atoms with van der Waals surface area (Å²) in [5.74, 6) is 2.15. The summed E-state index contributed by atoms with van der Waals surface area (Å²) in [5.41, 5.74) is 4.13. The molecule has 5 nitrogen and oxygen atoms in total. The first-order chi connectivity index (χ1) is 13.5. The van der Waals surface area contributed by atoms with E-state index in [1.807, 2.05) is 69.3 Å². The average Bonchev–Trinajstić information content (AvgIpc) is 3.23. The van der Waals surface area contributed by atoms with Crippen LogP contribution in [-0.4, -0.2) is 11.1 Å². The Balaban J connectivity index is 1.54. The van der Waals surface area contributed by atoms with Crippen LogP contribution in [0.4, 0.5) is 5.69 Å². The lowest BCUT2D eigenvalue weighted by Gasteiger charge is -2.09. The smallest absolute Gasteiger partial charge is 0.256 e. The molecule has 0 radical (unpaired) electrons. The number of aromatic nitrogens is 1. The number of fused-ring (bicyclic) bond motifs is 1. The molecule has 0 spiro atoms. The van der Waals surface area contributed by atoms with Gasteiger partial charge in [-0.25, -0.2) is 0 Å². The van der Waals surface area contributed by atoms with Crippen molar-refractivity contribution in [2.24, 2.45) is 0 Å². The minimum absolute atomic E-state index is 0.144. The minimum atomic E-state index is -0.144. The van der Waals surface area contributed by atoms with Crippen LogP contribution in [0.2, 0.25) is 0 Å². The van der Waals surface area contributed by atoms with Crippen molar-refractivity contribution in [2.45, 2.75) is 31.4 Å². The van der Waals surface area contributed by atoms with Crippen molar-refractivity contribution in [1.29, 1.82) is 0 Å². The van der Waals surface area contributed by atoms with Crippen molar-refractivity contribution in [3.05, 3.63) is 76.9 Å². The van der Waals surface area contributed by atoms with Crippen molar-refractivity contribution in [3.8, 4) is 0 Å². The van der Waals surface area contributed by atoms with Gasteiger partial charge in [0, 0.05) is 22.0 Å². The maximum Gasteiger partial charge on any atom is 0.256 e. The molecule has 0 saturated carbocycles. The van der Waals surface area contributed by atoms with E-state index in [-0.39, 0.29) is 5.91 Å². The van der Waals surface area contributed by atoms with E-state index in [4.69, 9.17) is 8.94 Å². The Kier molecular flexibility index (Phi) is 4.96. The van der Waals surface area contributed by atoms with E-state index in [9.17, 15) is 4.79 Å². The molecule has 0 fully saturated rings. The van der Waals surface area contributed by atoms with Gasteiger partial charge in [-0.15, -0.1) is 11.8 Å². The van der Waals surface area contributed by atoms with Crippen LogP contribution in [0.3, 0.4) is 0 Å². The molecule has 2 aromatic carbocycles. The van der Waals surface area contributed by atoms with E-state index in [0.717, 1.165) is 44.3 Å². The Morgan fingerprint density at radius 1 is 1.11 bits per heavy atom. The number of hydrogen-bond acceptors (Lipinski definition) is 5. The van der Waals surface area contributed by atoms with Crippen LogP contribution < -0.4 is 5.32 Å². The fourth-order valence-electron chi connectivity index (χ4n) is 3.03. The Morgan fingerprint density at radius 3 is 2.71 bits per heavy atom. The second-order valence-electron chi connectivity index (χ2n) is 6.67. The second-order valence-corrected chi connectivity index (χ2v) is 7.68. The molecule has 6 heteroatoms. The summed E-state index contributed by atoms with van der Waals surface area (Å²) in [4.78, 5) is 13.8. The van der Waals surface area contributed by atoms with Gasteiger partial charge in [0.05, 0.1) is 17.0 Å². The van der Waals surface area contributed by atoms with Gasteiger partial charge in [-0.1, -0.05) is 17.3 Å². The van der Waals surface area contributed by atoms with E-state index in [2.05, 4.69) is 10.5 Å². The third kappa shape index (κ3) is 3.68. The number of amides is 1. The highest BCUT2D eigenvalue weighted by molar-refractivity contribution is 7.98. The standard InChI is InChI=1S/C22H20N2O3S/c1-13-10-17(27-24-13)12-28-21-7-5-4-6-18(21)22(25)23-16-8-9-20-19(11-16)14(2)15(3)26-20/h4-11H,12H2,1-3H3,(H,23,25). The van der Waals surface area contributed by atoms with Crippen LogP contribution in [0.1, 0.15) is 33.1 Å². The first-order valence-corrected chi connectivity index (χ1v) is 9.95. The maximum absolute atomic E-state index is 12.9. The highest BCUT2D eigenvalue weighted by atomic mass is 32.2. The highest BCUT2D eigenvalue weighted by Crippen LogP contribution is 2.29. The lowest BCUT2D eigenvalue weighted by molar-refractivity contribution is 0.102. The summed E-state index contributed by atoms with van der Waals surface area (Å²) < 4.78 is 11.0. The number of hydrogen-bond donors (Lipinski definition) is 1. The first-order valence-electron chi connectivity index (χ1n) is 8.96. The van der Waals surface area contributed by atoms with Gasteiger partial charge >= 0.3 is 0 Å². The molecule has 0 bridgehead atoms. The number of thioether (sulfide) groups is 1. The molecule has 0 aliphatic carbocycles. The van der Waals surface area contributed by atoms with E-state index in [1.54, 1.807) is 11.8 Å². The van der Waals surface area contributed by atoms with Crippen LogP contribution in [0.25, 0.3) is 11.0 Å². The fourth-order valence-corrected chi connectivity index (χ4v) is 3.96. The summed E-state index contributed by atoms with van der Waals surface area (Å²) in [5, 5.41) is 7.91. The van der Waals surface area contributed by atoms with Crippen LogP contribution >= 0.6 is 11.8 Å². The van der Waals surface area contributed by atoms with Crippen molar-refractivity contribution in [3.63, 3.8) is 0 Å². The molecule has 0 aliphatic rings. The molecule has 0 atom stereocenters. The molecule has 0 aliphatic heterocycles. The number of nitrogens with one attached hydrogen (secondary N) is 1. The molecule has 142 valence electrons. The van der Waals surface area contributed by atoms with E-state index >= 15 is 0 Å². The molecule has 1 N–H and O–H groups in total. The number of carbonyl (C=O) groups is 1. The van der Waals surface area contributed by atoms with Gasteiger partial charge in [0.1, 0.15) is 17.1 Å². The number of aryl methyl sites for hydroxylation is 3. The van der Waals surface area contributed by atoms with Gasteiger partial charge < -0.3 is 14.3 Å². The Morgan fingerprint density at radius 2 is 1.93 bits per heavy atom. The molecule has 4 rings (SSSR count). The Hall–Kier alpha value is -2.99. The number of benzene rings is 2. The molecule has 2 aromatic heterocycles. The summed E-state index contributed by atoms with van der Waals surface area (Å²) >= 11 is 1.55. The summed E-state index contributed by atoms with van der Waals surface area (Å²) in [7, 11) is 0. The molecule has 0 unspecified atom stereocenters. The molecule has 4 aromatic rings. The van der Waals surface area contributed by atoms with Crippen LogP contribution in [0.15, 0.2) is 62.4 Å². The van der Waals surface area contributed by atoms with Crippen LogP contribution in [0, 0.1) is 20.8 Å². The lowest BCUT2D eigenvalue weighted by Crippen LogP contribution is -2.12. The topological polar surface area (TPSA) is 68.3 Å². The average molecular weight is 392 g/mol. The number of furan rings is 1. The van der Waals surface area contributed by atoms with Crippen LogP contribution in [-0.2, 0) is 5.75 Å². The molecular formula is C22H20N2O3S. The normalized spacial score (nSPS) is 11.1. The van der Waals surface area contributed by atoms with Crippen molar-refractivity contribution in [1.82, 2.24) is 5.16 Å². The predicted octanol–water partition coefficient (Wildman–Crippen LogP) is 5.89. The summed E-state index contributed by atoms with van der Waals surface area (Å²) in [6, 6.07) is 15.2. The number of anilines is 1. The molecule has 1 amide bonds. The van der Waals surface area contributed by atoms with Crippen molar-refractivity contribution < 1.29 is 13.7 Å². The maximum atomic E-state index is 12.9. The number of carbonyl (C=O) groups excluding carboxylic acids is 1. The SMILES string of the molecule is Cc1cc(CSc2ccccc2C(=O)Nc2ccc3oc(C)c(C)c3c2)on1. The van der Waals surface area contributed by atoms with E-state index in [0.29, 0.717) is 11.3 Å². The van der Waals surface area contributed by atoms with Gasteiger partial charge in [-0.3, -0.25) is 4.79 Å². The van der Waals surface area contributed by atoms with Crippen molar-refractivity contribution >= 4 is 34.3 Å². The fraction of sp³-hybridized carbons (Fsp3) is 0.182. The monoisotopic (exact) mass is 392 g/mol. The van der Waals surface area contributed by atoms with Gasteiger partial charge in [0.15, 0.2) is 0 Å². The Labute approximate surface area is 167 Å².